The van der Waals surface area contributed by atoms with Crippen molar-refractivity contribution in [3.05, 3.63) is 48.2 Å². The highest BCUT2D eigenvalue weighted by molar-refractivity contribution is 5.92. The first-order valence-electron chi connectivity index (χ1n) is 8.56. The van der Waals surface area contributed by atoms with E-state index in [0.29, 0.717) is 12.4 Å². The molecule has 1 aromatic rings. The monoisotopic (exact) mass is 325 g/mol. The number of hydrogen-bond donors (Lipinski definition) is 2. The third-order valence-electron chi connectivity index (χ3n) is 4.55. The number of amides is 2. The molecule has 0 saturated heterocycles. The summed E-state index contributed by atoms with van der Waals surface area (Å²) in [5.74, 6) is 0.839. The summed E-state index contributed by atoms with van der Waals surface area (Å²) in [5, 5.41) is 5.87. The van der Waals surface area contributed by atoms with E-state index in [4.69, 9.17) is 0 Å². The molecule has 2 aliphatic rings. The smallest absolute Gasteiger partial charge is 0.229 e. The summed E-state index contributed by atoms with van der Waals surface area (Å²) in [6.07, 6.45) is 13.9. The van der Waals surface area contributed by atoms with Crippen molar-refractivity contribution in [3.63, 3.8) is 0 Å². The van der Waals surface area contributed by atoms with Gasteiger partial charge in [-0.15, -0.1) is 0 Å². The third kappa shape index (κ3) is 4.31. The van der Waals surface area contributed by atoms with E-state index < -0.39 is 0 Å². The van der Waals surface area contributed by atoms with E-state index in [1.807, 2.05) is 24.3 Å². The summed E-state index contributed by atoms with van der Waals surface area (Å²) < 4.78 is 0. The summed E-state index contributed by atoms with van der Waals surface area (Å²) in [4.78, 5) is 28.3. The minimum atomic E-state index is 0.0201. The summed E-state index contributed by atoms with van der Waals surface area (Å²) >= 11 is 0. The van der Waals surface area contributed by atoms with Crippen LogP contribution in [-0.2, 0) is 16.0 Å². The van der Waals surface area contributed by atoms with Crippen LogP contribution in [0.2, 0.25) is 0 Å². The summed E-state index contributed by atoms with van der Waals surface area (Å²) in [6, 6.07) is 3.79. The van der Waals surface area contributed by atoms with Gasteiger partial charge in [-0.05, 0) is 49.8 Å². The number of rotatable bonds is 6. The standard InChI is InChI=1S/C19H23N3O2/c23-18(15-5-1-2-6-15)21-12-10-14-9-11-20-17(13-14)22-19(24)16-7-3-4-8-16/h1-4,9,11,13,15-16H,5-8,10,12H2,(H,21,23)(H,20,22,24). The van der Waals surface area contributed by atoms with Gasteiger partial charge in [-0.25, -0.2) is 4.98 Å². The van der Waals surface area contributed by atoms with E-state index in [1.54, 1.807) is 6.20 Å². The Hall–Kier alpha value is -2.43. The lowest BCUT2D eigenvalue weighted by atomic mass is 10.1. The summed E-state index contributed by atoms with van der Waals surface area (Å²) in [7, 11) is 0. The number of carbonyl (C=O) groups is 2. The number of aromatic nitrogens is 1. The van der Waals surface area contributed by atoms with E-state index in [-0.39, 0.29) is 23.7 Å². The molecule has 0 atom stereocenters. The number of anilines is 1. The van der Waals surface area contributed by atoms with Crippen LogP contribution in [0.5, 0.6) is 0 Å². The maximum absolute atomic E-state index is 12.1. The van der Waals surface area contributed by atoms with Crippen LogP contribution in [0.1, 0.15) is 31.2 Å². The first-order valence-corrected chi connectivity index (χ1v) is 8.56. The second-order valence-electron chi connectivity index (χ2n) is 6.36. The van der Waals surface area contributed by atoms with E-state index >= 15 is 0 Å². The lowest BCUT2D eigenvalue weighted by molar-refractivity contribution is -0.124. The minimum absolute atomic E-state index is 0.0201. The fraction of sp³-hybridized carbons (Fsp3) is 0.421. The average Bonchev–Trinajstić information content (AvgIpc) is 3.29. The zero-order valence-electron chi connectivity index (χ0n) is 13.7. The zero-order chi connectivity index (χ0) is 16.8. The van der Waals surface area contributed by atoms with Gasteiger partial charge in [0.2, 0.25) is 11.8 Å². The Morgan fingerprint density at radius 1 is 1.00 bits per heavy atom. The average molecular weight is 325 g/mol. The van der Waals surface area contributed by atoms with Crippen LogP contribution in [-0.4, -0.2) is 23.3 Å². The predicted molar refractivity (Wildman–Crippen MR) is 93.3 cm³/mol. The highest BCUT2D eigenvalue weighted by atomic mass is 16.2. The first-order chi connectivity index (χ1) is 11.7. The predicted octanol–water partition coefficient (Wildman–Crippen LogP) is 2.61. The molecule has 0 spiro atoms. The fourth-order valence-corrected chi connectivity index (χ4v) is 3.06. The third-order valence-corrected chi connectivity index (χ3v) is 4.55. The Labute approximate surface area is 142 Å². The molecule has 0 saturated carbocycles. The number of hydrogen-bond acceptors (Lipinski definition) is 3. The van der Waals surface area contributed by atoms with Crippen LogP contribution in [0, 0.1) is 11.8 Å². The topological polar surface area (TPSA) is 71.1 Å². The Bertz CT molecular complexity index is 650. The van der Waals surface area contributed by atoms with Gasteiger partial charge in [0.1, 0.15) is 5.82 Å². The Balaban J connectivity index is 1.46. The van der Waals surface area contributed by atoms with Crippen LogP contribution in [0.3, 0.4) is 0 Å². The first kappa shape index (κ1) is 16.4. The second kappa shape index (κ2) is 7.90. The molecular weight excluding hydrogens is 302 g/mol. The van der Waals surface area contributed by atoms with Crippen molar-refractivity contribution in [1.82, 2.24) is 10.3 Å². The van der Waals surface area contributed by atoms with Crippen molar-refractivity contribution in [3.8, 4) is 0 Å². The normalized spacial score (nSPS) is 17.3. The molecule has 24 heavy (non-hydrogen) atoms. The number of nitrogens with zero attached hydrogens (tertiary/aromatic N) is 1. The summed E-state index contributed by atoms with van der Waals surface area (Å²) in [5.41, 5.74) is 1.05. The van der Waals surface area contributed by atoms with Gasteiger partial charge in [0.05, 0.1) is 0 Å². The van der Waals surface area contributed by atoms with Crippen molar-refractivity contribution in [2.45, 2.75) is 32.1 Å². The molecule has 0 aromatic carbocycles. The van der Waals surface area contributed by atoms with E-state index in [0.717, 1.165) is 37.7 Å². The van der Waals surface area contributed by atoms with Gasteiger partial charge in [-0.1, -0.05) is 24.3 Å². The van der Waals surface area contributed by atoms with Crippen molar-refractivity contribution >= 4 is 17.6 Å². The van der Waals surface area contributed by atoms with Gasteiger partial charge >= 0.3 is 0 Å². The van der Waals surface area contributed by atoms with Crippen molar-refractivity contribution in [2.75, 3.05) is 11.9 Å². The quantitative estimate of drug-likeness (QED) is 0.790. The maximum atomic E-state index is 12.1. The van der Waals surface area contributed by atoms with Crippen LogP contribution >= 0.6 is 0 Å². The summed E-state index contributed by atoms with van der Waals surface area (Å²) in [6.45, 7) is 0.597. The molecule has 0 aliphatic heterocycles. The molecule has 0 unspecified atom stereocenters. The molecule has 5 heteroatoms. The molecule has 2 amide bonds. The van der Waals surface area contributed by atoms with Gasteiger partial charge in [0.25, 0.3) is 0 Å². The minimum Gasteiger partial charge on any atom is -0.356 e. The van der Waals surface area contributed by atoms with Crippen LogP contribution in [0.25, 0.3) is 0 Å². The molecule has 3 rings (SSSR count). The highest BCUT2D eigenvalue weighted by Gasteiger charge is 2.20. The molecule has 0 fully saturated rings. The Morgan fingerprint density at radius 3 is 2.29 bits per heavy atom. The molecular formula is C19H23N3O2. The van der Waals surface area contributed by atoms with Crippen molar-refractivity contribution in [2.24, 2.45) is 11.8 Å². The molecule has 1 heterocycles. The van der Waals surface area contributed by atoms with E-state index in [9.17, 15) is 9.59 Å². The Morgan fingerprint density at radius 2 is 1.62 bits per heavy atom. The van der Waals surface area contributed by atoms with Crippen LogP contribution in [0.15, 0.2) is 42.6 Å². The van der Waals surface area contributed by atoms with E-state index in [2.05, 4.69) is 27.8 Å². The SMILES string of the molecule is O=C(NCCc1ccnc(NC(=O)C2CC=CC2)c1)C1CC=CC1. The zero-order valence-corrected chi connectivity index (χ0v) is 13.7. The van der Waals surface area contributed by atoms with Crippen LogP contribution in [0.4, 0.5) is 5.82 Å². The Kier molecular flexibility index (Phi) is 5.41. The number of allylic oxidation sites excluding steroid dienone is 4. The van der Waals surface area contributed by atoms with Gasteiger partial charge in [-0.2, -0.15) is 0 Å². The molecule has 0 radical (unpaired) electrons. The molecule has 1 aromatic heterocycles. The number of pyridine rings is 1. The molecule has 0 bridgehead atoms. The fourth-order valence-electron chi connectivity index (χ4n) is 3.06. The second-order valence-corrected chi connectivity index (χ2v) is 6.36. The largest absolute Gasteiger partial charge is 0.356 e. The van der Waals surface area contributed by atoms with E-state index in [1.165, 1.54) is 0 Å². The van der Waals surface area contributed by atoms with Crippen molar-refractivity contribution in [1.29, 1.82) is 0 Å². The molecule has 5 nitrogen and oxygen atoms in total. The van der Waals surface area contributed by atoms with Crippen LogP contribution < -0.4 is 10.6 Å². The van der Waals surface area contributed by atoms with Gasteiger partial charge in [0, 0.05) is 24.6 Å². The lowest BCUT2D eigenvalue weighted by Gasteiger charge is -2.12. The number of nitrogens with one attached hydrogen (secondary N) is 2. The number of carbonyl (C=O) groups excluding carboxylic acids is 2. The maximum Gasteiger partial charge on any atom is 0.229 e. The van der Waals surface area contributed by atoms with Gasteiger partial charge in [-0.3, -0.25) is 9.59 Å². The molecule has 126 valence electrons. The molecule has 2 aliphatic carbocycles. The highest BCUT2D eigenvalue weighted by Crippen LogP contribution is 2.20. The lowest BCUT2D eigenvalue weighted by Crippen LogP contribution is -2.31. The van der Waals surface area contributed by atoms with Gasteiger partial charge in [0.15, 0.2) is 0 Å². The molecule has 2 N–H and O–H groups in total. The van der Waals surface area contributed by atoms with Crippen molar-refractivity contribution < 1.29 is 9.59 Å². The van der Waals surface area contributed by atoms with Gasteiger partial charge < -0.3 is 10.6 Å².